The monoisotopic (exact) mass is 423 g/mol. The van der Waals surface area contributed by atoms with E-state index in [1.807, 2.05) is 19.0 Å². The van der Waals surface area contributed by atoms with E-state index in [-0.39, 0.29) is 4.90 Å². The minimum Gasteiger partial charge on any atom is -0.497 e. The minimum atomic E-state index is -3.94. The van der Waals surface area contributed by atoms with E-state index < -0.39 is 10.0 Å². The van der Waals surface area contributed by atoms with Gasteiger partial charge in [-0.05, 0) is 56.6 Å². The van der Waals surface area contributed by atoms with Gasteiger partial charge in [0.15, 0.2) is 5.58 Å². The molecule has 3 rings (SSSR count). The molecule has 0 saturated carbocycles. The van der Waals surface area contributed by atoms with Gasteiger partial charge in [-0.1, -0.05) is 0 Å². The number of nitrogens with zero attached hydrogens (tertiary/aromatic N) is 2. The van der Waals surface area contributed by atoms with Gasteiger partial charge in [0.25, 0.3) is 10.0 Å². The zero-order chi connectivity index (χ0) is 20.3. The predicted molar refractivity (Wildman–Crippen MR) is 112 cm³/mol. The first kappa shape index (κ1) is 20.3. The van der Waals surface area contributed by atoms with E-state index in [2.05, 4.69) is 5.32 Å². The maximum atomic E-state index is 12.9. The van der Waals surface area contributed by atoms with Crippen LogP contribution in [0.3, 0.4) is 0 Å². The van der Waals surface area contributed by atoms with Gasteiger partial charge in [-0.25, -0.2) is 0 Å². The van der Waals surface area contributed by atoms with Gasteiger partial charge in [0.05, 0.1) is 29.6 Å². The van der Waals surface area contributed by atoms with E-state index in [9.17, 15) is 8.42 Å². The van der Waals surface area contributed by atoms with Crippen LogP contribution in [-0.4, -0.2) is 47.6 Å². The molecule has 2 aromatic carbocycles. The quantitative estimate of drug-likeness (QED) is 0.556. The van der Waals surface area contributed by atoms with Crippen LogP contribution in [0.15, 0.2) is 58.0 Å². The average Bonchev–Trinajstić information content (AvgIpc) is 3.16. The van der Waals surface area contributed by atoms with Crippen LogP contribution in [0.2, 0.25) is 0 Å². The maximum Gasteiger partial charge on any atom is 0.278 e. The van der Waals surface area contributed by atoms with Crippen LogP contribution in [0.1, 0.15) is 0 Å². The molecule has 0 aliphatic carbocycles. The number of methoxy groups -OCH3 is 1. The van der Waals surface area contributed by atoms with Crippen LogP contribution in [0.5, 0.6) is 5.75 Å². The van der Waals surface area contributed by atoms with Gasteiger partial charge in [0.1, 0.15) is 5.75 Å². The highest BCUT2D eigenvalue weighted by molar-refractivity contribution is 7.94. The number of halogens is 1. The molecule has 0 aliphatic heterocycles. The van der Waals surface area contributed by atoms with Gasteiger partial charge in [-0.2, -0.15) is 12.2 Å². The van der Waals surface area contributed by atoms with Gasteiger partial charge >= 0.3 is 0 Å². The first-order valence-corrected chi connectivity index (χ1v) is 10.4. The second-order valence-corrected chi connectivity index (χ2v) is 8.78. The van der Waals surface area contributed by atoms with Crippen LogP contribution < -0.4 is 13.9 Å². The number of hydrogen-bond donors (Lipinski definition) is 1. The van der Waals surface area contributed by atoms with Crippen LogP contribution in [-0.2, 0) is 10.0 Å². The standard InChI is InChI=1S/C19H22ClN3O4S/c1-22(2)10-9-21-18-13-15(12-14-8-11-27-19(14)18)23(20)28(24,25)17-6-4-16(26-3)5-7-17/h4-8,11-13,21H,9-10H2,1-3H3. The zero-order valence-electron chi connectivity index (χ0n) is 15.8. The topological polar surface area (TPSA) is 75.0 Å². The summed E-state index contributed by atoms with van der Waals surface area (Å²) in [5.74, 6) is 0.562. The van der Waals surface area contributed by atoms with Crippen molar-refractivity contribution >= 4 is 44.1 Å². The van der Waals surface area contributed by atoms with E-state index in [4.69, 9.17) is 20.9 Å². The lowest BCUT2D eigenvalue weighted by atomic mass is 10.2. The normalized spacial score (nSPS) is 11.8. The molecule has 0 amide bonds. The molecule has 0 fully saturated rings. The Kier molecular flexibility index (Phi) is 6.02. The maximum absolute atomic E-state index is 12.9. The Morgan fingerprint density at radius 3 is 2.50 bits per heavy atom. The molecular formula is C19H22ClN3O4S. The summed E-state index contributed by atoms with van der Waals surface area (Å²) in [6, 6.07) is 11.2. The van der Waals surface area contributed by atoms with Crippen LogP contribution in [0, 0.1) is 0 Å². The molecule has 0 unspecified atom stereocenters. The number of furan rings is 1. The summed E-state index contributed by atoms with van der Waals surface area (Å²) in [6.45, 7) is 1.47. The Labute approximate surface area is 169 Å². The van der Waals surface area contributed by atoms with E-state index >= 15 is 0 Å². The first-order valence-electron chi connectivity index (χ1n) is 8.58. The van der Waals surface area contributed by atoms with Crippen molar-refractivity contribution in [3.63, 3.8) is 0 Å². The summed E-state index contributed by atoms with van der Waals surface area (Å²) in [7, 11) is 1.52. The molecule has 28 heavy (non-hydrogen) atoms. The van der Waals surface area contributed by atoms with E-state index in [0.29, 0.717) is 29.3 Å². The van der Waals surface area contributed by atoms with Gasteiger partial charge < -0.3 is 19.4 Å². The van der Waals surface area contributed by atoms with Gasteiger partial charge in [-0.15, -0.1) is 0 Å². The van der Waals surface area contributed by atoms with Crippen molar-refractivity contribution in [1.29, 1.82) is 0 Å². The Morgan fingerprint density at radius 2 is 1.86 bits per heavy atom. The Balaban J connectivity index is 1.94. The molecule has 3 aromatic rings. The van der Waals surface area contributed by atoms with Crippen molar-refractivity contribution in [3.05, 3.63) is 48.7 Å². The van der Waals surface area contributed by atoms with E-state index in [0.717, 1.165) is 15.8 Å². The zero-order valence-corrected chi connectivity index (χ0v) is 17.4. The Morgan fingerprint density at radius 1 is 1.14 bits per heavy atom. The number of anilines is 2. The van der Waals surface area contributed by atoms with Gasteiger partial charge in [0, 0.05) is 30.3 Å². The molecule has 1 aromatic heterocycles. The molecule has 7 nitrogen and oxygen atoms in total. The lowest BCUT2D eigenvalue weighted by molar-refractivity contribution is 0.414. The minimum absolute atomic E-state index is 0.0673. The number of nitrogens with one attached hydrogen (secondary N) is 1. The summed E-state index contributed by atoms with van der Waals surface area (Å²) in [4.78, 5) is 2.11. The Bertz CT molecular complexity index is 1050. The molecule has 9 heteroatoms. The van der Waals surface area contributed by atoms with E-state index in [1.165, 1.54) is 19.2 Å². The summed E-state index contributed by atoms with van der Waals surface area (Å²) < 4.78 is 37.2. The van der Waals surface area contributed by atoms with Crippen molar-refractivity contribution in [3.8, 4) is 5.75 Å². The highest BCUT2D eigenvalue weighted by Gasteiger charge is 2.25. The number of ether oxygens (including phenoxy) is 1. The predicted octanol–water partition coefficient (Wildman–Crippen LogP) is 3.76. The van der Waals surface area contributed by atoms with Crippen LogP contribution in [0.4, 0.5) is 11.4 Å². The highest BCUT2D eigenvalue weighted by atomic mass is 35.5. The molecule has 0 saturated heterocycles. The number of benzene rings is 2. The fraction of sp³-hybridized carbons (Fsp3) is 0.263. The third kappa shape index (κ3) is 4.19. The second-order valence-electron chi connectivity index (χ2n) is 6.46. The molecular weight excluding hydrogens is 402 g/mol. The van der Waals surface area contributed by atoms with Gasteiger partial charge in [0.2, 0.25) is 0 Å². The Hall–Kier alpha value is -2.42. The number of likely N-dealkylation sites (N-methyl/N-ethyl adjacent to an activating group) is 1. The molecule has 0 aliphatic rings. The number of sulfonamides is 1. The molecule has 0 atom stereocenters. The van der Waals surface area contributed by atoms with Crippen molar-refractivity contribution in [2.75, 3.05) is 43.4 Å². The molecule has 0 spiro atoms. The summed E-state index contributed by atoms with van der Waals surface area (Å²) in [5, 5.41) is 4.02. The molecule has 0 radical (unpaired) electrons. The van der Waals surface area contributed by atoms with Crippen LogP contribution >= 0.6 is 11.8 Å². The lowest BCUT2D eigenvalue weighted by Gasteiger charge is -2.18. The number of rotatable bonds is 8. The average molecular weight is 424 g/mol. The fourth-order valence-electron chi connectivity index (χ4n) is 2.69. The molecule has 150 valence electrons. The van der Waals surface area contributed by atoms with Gasteiger partial charge in [-0.3, -0.25) is 0 Å². The van der Waals surface area contributed by atoms with E-state index in [1.54, 1.807) is 36.6 Å². The van der Waals surface area contributed by atoms with Crippen molar-refractivity contribution < 1.29 is 17.6 Å². The lowest BCUT2D eigenvalue weighted by Crippen LogP contribution is -2.22. The first-order chi connectivity index (χ1) is 13.3. The highest BCUT2D eigenvalue weighted by Crippen LogP contribution is 2.34. The summed E-state index contributed by atoms with van der Waals surface area (Å²) >= 11 is 6.28. The molecule has 1 N–H and O–H groups in total. The van der Waals surface area contributed by atoms with Crippen LogP contribution in [0.25, 0.3) is 11.0 Å². The largest absolute Gasteiger partial charge is 0.497 e. The smallest absolute Gasteiger partial charge is 0.278 e. The summed E-state index contributed by atoms with van der Waals surface area (Å²) in [5.41, 5.74) is 1.64. The number of hydrogen-bond acceptors (Lipinski definition) is 6. The SMILES string of the molecule is COc1ccc(S(=O)(=O)N(Cl)c2cc(NCCN(C)C)c3occc3c2)cc1. The second kappa shape index (κ2) is 8.30. The van der Waals surface area contributed by atoms with Crippen molar-refractivity contribution in [2.24, 2.45) is 0 Å². The third-order valence-corrected chi connectivity index (χ3v) is 6.42. The number of fused-ring (bicyclic) bond motifs is 1. The van der Waals surface area contributed by atoms with Crippen molar-refractivity contribution in [1.82, 2.24) is 4.90 Å². The third-order valence-electron chi connectivity index (χ3n) is 4.18. The molecule has 0 bridgehead atoms. The molecule has 1 heterocycles. The summed E-state index contributed by atoms with van der Waals surface area (Å²) in [6.07, 6.45) is 1.56. The fourth-order valence-corrected chi connectivity index (χ4v) is 4.08. The van der Waals surface area contributed by atoms with Crippen molar-refractivity contribution in [2.45, 2.75) is 4.90 Å².